The fourth-order valence-corrected chi connectivity index (χ4v) is 3.83. The van der Waals surface area contributed by atoms with Gasteiger partial charge in [0.15, 0.2) is 0 Å². The van der Waals surface area contributed by atoms with E-state index in [1.54, 1.807) is 0 Å². The maximum atomic E-state index is 12.4. The van der Waals surface area contributed by atoms with Crippen LogP contribution in [0, 0.1) is 11.8 Å². The Hall–Kier alpha value is -1.97. The number of nitrogens with zero attached hydrogens (tertiary/aromatic N) is 1. The summed E-state index contributed by atoms with van der Waals surface area (Å²) in [6.45, 7) is 9.58. The van der Waals surface area contributed by atoms with Crippen LogP contribution in [0.15, 0.2) is 30.3 Å². The zero-order valence-corrected chi connectivity index (χ0v) is 15.8. The Bertz CT molecular complexity index is 696. The number of piperidine rings is 1. The fraction of sp³-hybridized carbons (Fsp3) is 0.571. The molecule has 0 radical (unpaired) electrons. The summed E-state index contributed by atoms with van der Waals surface area (Å²) < 4.78 is 5.54. The lowest BCUT2D eigenvalue weighted by Crippen LogP contribution is -2.46. The zero-order chi connectivity index (χ0) is 18.0. The van der Waals surface area contributed by atoms with Crippen LogP contribution in [0.3, 0.4) is 0 Å². The Morgan fingerprint density at radius 3 is 2.72 bits per heavy atom. The number of hydrogen-bond acceptors (Lipinski definition) is 2. The van der Waals surface area contributed by atoms with Crippen LogP contribution in [0.5, 0.6) is 0 Å². The van der Waals surface area contributed by atoms with E-state index in [4.69, 9.17) is 4.74 Å². The summed E-state index contributed by atoms with van der Waals surface area (Å²) in [7, 11) is 0. The van der Waals surface area contributed by atoms with Crippen molar-refractivity contribution in [1.29, 1.82) is 0 Å². The third-order valence-corrected chi connectivity index (χ3v) is 5.14. The van der Waals surface area contributed by atoms with E-state index in [1.165, 1.54) is 16.6 Å². The SMILES string of the molecule is CC[C@H]1CN(C(=O)OC(C)(C)C)CC[C@H]1Cc1cc2ccccc2[nH]1. The van der Waals surface area contributed by atoms with Crippen LogP contribution in [0.25, 0.3) is 10.9 Å². The van der Waals surface area contributed by atoms with Gasteiger partial charge in [0.1, 0.15) is 5.60 Å². The number of nitrogens with one attached hydrogen (secondary N) is 1. The third-order valence-electron chi connectivity index (χ3n) is 5.14. The monoisotopic (exact) mass is 342 g/mol. The van der Waals surface area contributed by atoms with Gasteiger partial charge in [-0.3, -0.25) is 0 Å². The molecule has 1 aliphatic heterocycles. The number of aromatic amines is 1. The lowest BCUT2D eigenvalue weighted by molar-refractivity contribution is 0.00982. The minimum Gasteiger partial charge on any atom is -0.444 e. The second kappa shape index (κ2) is 7.11. The molecule has 4 nitrogen and oxygen atoms in total. The Balaban J connectivity index is 1.65. The van der Waals surface area contributed by atoms with E-state index in [1.807, 2.05) is 25.7 Å². The van der Waals surface area contributed by atoms with E-state index in [0.29, 0.717) is 11.8 Å². The van der Waals surface area contributed by atoms with E-state index in [0.717, 1.165) is 32.4 Å². The molecule has 1 fully saturated rings. The number of carbonyl (C=O) groups excluding carboxylic acids is 1. The van der Waals surface area contributed by atoms with Gasteiger partial charge in [0.05, 0.1) is 0 Å². The molecule has 2 atom stereocenters. The minimum absolute atomic E-state index is 0.171. The van der Waals surface area contributed by atoms with Crippen LogP contribution in [0.1, 0.15) is 46.2 Å². The number of likely N-dealkylation sites (tertiary alicyclic amines) is 1. The number of ether oxygens (including phenoxy) is 1. The molecule has 1 amide bonds. The normalized spacial score (nSPS) is 21.5. The van der Waals surface area contributed by atoms with E-state index in [-0.39, 0.29) is 6.09 Å². The summed E-state index contributed by atoms with van der Waals surface area (Å²) in [5, 5.41) is 1.27. The van der Waals surface area contributed by atoms with Crippen LogP contribution in [-0.4, -0.2) is 34.7 Å². The molecular weight excluding hydrogens is 312 g/mol. The second-order valence-electron chi connectivity index (χ2n) is 8.23. The van der Waals surface area contributed by atoms with Gasteiger partial charge in [-0.2, -0.15) is 0 Å². The van der Waals surface area contributed by atoms with Gasteiger partial charge in [-0.05, 0) is 63.0 Å². The molecule has 0 aliphatic carbocycles. The number of fused-ring (bicyclic) bond motifs is 1. The van der Waals surface area contributed by atoms with Crippen molar-refractivity contribution in [2.75, 3.05) is 13.1 Å². The van der Waals surface area contributed by atoms with Crippen molar-refractivity contribution < 1.29 is 9.53 Å². The Kier molecular flexibility index (Phi) is 5.07. The summed E-state index contributed by atoms with van der Waals surface area (Å²) in [5.74, 6) is 1.13. The number of aromatic nitrogens is 1. The molecule has 4 heteroatoms. The highest BCUT2D eigenvalue weighted by Crippen LogP contribution is 2.31. The maximum absolute atomic E-state index is 12.4. The van der Waals surface area contributed by atoms with Crippen LogP contribution in [0.2, 0.25) is 0 Å². The molecule has 1 saturated heterocycles. The van der Waals surface area contributed by atoms with E-state index in [9.17, 15) is 4.79 Å². The Labute approximate surface area is 150 Å². The average molecular weight is 342 g/mol. The Morgan fingerprint density at radius 1 is 1.28 bits per heavy atom. The van der Waals surface area contributed by atoms with Crippen molar-refractivity contribution in [1.82, 2.24) is 9.88 Å². The molecule has 0 saturated carbocycles. The van der Waals surface area contributed by atoms with Crippen LogP contribution in [0.4, 0.5) is 4.79 Å². The molecule has 2 aromatic rings. The number of hydrogen-bond donors (Lipinski definition) is 1. The summed E-state index contributed by atoms with van der Waals surface area (Å²) >= 11 is 0. The van der Waals surface area contributed by atoms with Crippen molar-refractivity contribution in [3.8, 4) is 0 Å². The number of amides is 1. The van der Waals surface area contributed by atoms with Crippen molar-refractivity contribution >= 4 is 17.0 Å². The maximum Gasteiger partial charge on any atom is 0.410 e. The highest BCUT2D eigenvalue weighted by molar-refractivity contribution is 5.80. The highest BCUT2D eigenvalue weighted by Gasteiger charge is 2.32. The van der Waals surface area contributed by atoms with Crippen molar-refractivity contribution in [2.45, 2.75) is 52.6 Å². The molecule has 0 spiro atoms. The average Bonchev–Trinajstić information content (AvgIpc) is 2.95. The first-order chi connectivity index (χ1) is 11.9. The molecule has 1 aromatic heterocycles. The molecule has 136 valence electrons. The predicted molar refractivity (Wildman–Crippen MR) is 102 cm³/mol. The van der Waals surface area contributed by atoms with Crippen LogP contribution < -0.4 is 0 Å². The smallest absolute Gasteiger partial charge is 0.410 e. The van der Waals surface area contributed by atoms with E-state index in [2.05, 4.69) is 42.2 Å². The van der Waals surface area contributed by atoms with Gasteiger partial charge in [-0.1, -0.05) is 31.5 Å². The van der Waals surface area contributed by atoms with Gasteiger partial charge in [0, 0.05) is 24.3 Å². The number of carbonyl (C=O) groups is 1. The first kappa shape index (κ1) is 17.8. The van der Waals surface area contributed by atoms with Gasteiger partial charge in [-0.25, -0.2) is 4.79 Å². The molecular formula is C21H30N2O2. The van der Waals surface area contributed by atoms with Crippen LogP contribution >= 0.6 is 0 Å². The quantitative estimate of drug-likeness (QED) is 0.854. The summed E-state index contributed by atoms with van der Waals surface area (Å²) in [6.07, 6.45) is 3.00. The van der Waals surface area contributed by atoms with Crippen molar-refractivity contribution in [3.05, 3.63) is 36.0 Å². The number of H-pyrrole nitrogens is 1. The first-order valence-corrected chi connectivity index (χ1v) is 9.40. The van der Waals surface area contributed by atoms with E-state index < -0.39 is 5.60 Å². The molecule has 1 N–H and O–H groups in total. The summed E-state index contributed by atoms with van der Waals surface area (Å²) in [4.78, 5) is 17.8. The first-order valence-electron chi connectivity index (χ1n) is 9.40. The van der Waals surface area contributed by atoms with E-state index >= 15 is 0 Å². The number of rotatable bonds is 3. The van der Waals surface area contributed by atoms with Gasteiger partial charge in [0.25, 0.3) is 0 Å². The van der Waals surface area contributed by atoms with Crippen molar-refractivity contribution in [2.24, 2.45) is 11.8 Å². The predicted octanol–water partition coefficient (Wildman–Crippen LogP) is 4.99. The van der Waals surface area contributed by atoms with Gasteiger partial charge in [-0.15, -0.1) is 0 Å². The number of para-hydroxylation sites is 1. The molecule has 0 bridgehead atoms. The van der Waals surface area contributed by atoms with Gasteiger partial charge in [0.2, 0.25) is 0 Å². The molecule has 0 unspecified atom stereocenters. The second-order valence-corrected chi connectivity index (χ2v) is 8.23. The topological polar surface area (TPSA) is 45.3 Å². The molecule has 3 rings (SSSR count). The van der Waals surface area contributed by atoms with Gasteiger partial charge >= 0.3 is 6.09 Å². The largest absolute Gasteiger partial charge is 0.444 e. The third kappa shape index (κ3) is 4.36. The number of benzene rings is 1. The molecule has 2 heterocycles. The van der Waals surface area contributed by atoms with Crippen LogP contribution in [-0.2, 0) is 11.2 Å². The van der Waals surface area contributed by atoms with Gasteiger partial charge < -0.3 is 14.6 Å². The standard InChI is InChI=1S/C21H30N2O2/c1-5-15-14-23(20(24)25-21(2,3)4)11-10-16(15)12-18-13-17-8-6-7-9-19(17)22-18/h6-9,13,15-16,22H,5,10-12,14H2,1-4H3/t15-,16-/m0/s1. The zero-order valence-electron chi connectivity index (χ0n) is 15.8. The fourth-order valence-electron chi connectivity index (χ4n) is 3.83. The molecule has 1 aliphatic rings. The summed E-state index contributed by atoms with van der Waals surface area (Å²) in [6, 6.07) is 10.7. The Morgan fingerprint density at radius 2 is 2.04 bits per heavy atom. The van der Waals surface area contributed by atoms with Crippen molar-refractivity contribution in [3.63, 3.8) is 0 Å². The highest BCUT2D eigenvalue weighted by atomic mass is 16.6. The minimum atomic E-state index is -0.431. The lowest BCUT2D eigenvalue weighted by atomic mass is 9.81. The lowest BCUT2D eigenvalue weighted by Gasteiger charge is -2.38. The summed E-state index contributed by atoms with van der Waals surface area (Å²) in [5.41, 5.74) is 2.08. The molecule has 1 aromatic carbocycles. The molecule has 25 heavy (non-hydrogen) atoms.